The monoisotopic (exact) mass is 424 g/mol. The lowest BCUT2D eigenvalue weighted by atomic mass is 10.3. The highest BCUT2D eigenvalue weighted by atomic mass is 32.2. The maximum atomic E-state index is 12.5. The molecule has 1 saturated heterocycles. The second kappa shape index (κ2) is 10.4. The van der Waals surface area contributed by atoms with Crippen molar-refractivity contribution in [3.05, 3.63) is 24.3 Å². The number of nitrogens with zero attached hydrogens (tertiary/aromatic N) is 2. The molecule has 0 bridgehead atoms. The number of alkyl halides is 3. The van der Waals surface area contributed by atoms with Gasteiger partial charge in [0.1, 0.15) is 12.4 Å². The molecule has 0 amide bonds. The highest BCUT2D eigenvalue weighted by Gasteiger charge is 2.27. The number of ether oxygens (including phenoxy) is 2. The fourth-order valence-electron chi connectivity index (χ4n) is 2.98. The Morgan fingerprint density at radius 3 is 2.32 bits per heavy atom. The predicted molar refractivity (Wildman–Crippen MR) is 99.4 cm³/mol. The summed E-state index contributed by atoms with van der Waals surface area (Å²) in [5.74, 6) is 0.541. The molecule has 1 aromatic rings. The number of methoxy groups -OCH3 is 1. The SMILES string of the molecule is COc1cccc(S(=O)(=O)CCN2CCN(CCCOCC(F)(F)F)CC2)c1. The molecule has 0 aromatic heterocycles. The van der Waals surface area contributed by atoms with Gasteiger partial charge in [0.2, 0.25) is 0 Å². The zero-order valence-electron chi connectivity index (χ0n) is 16.0. The molecule has 28 heavy (non-hydrogen) atoms. The summed E-state index contributed by atoms with van der Waals surface area (Å²) in [5.41, 5.74) is 0. The van der Waals surface area contributed by atoms with Crippen LogP contribution in [0.25, 0.3) is 0 Å². The Kier molecular flexibility index (Phi) is 8.54. The third kappa shape index (κ3) is 7.94. The molecule has 0 atom stereocenters. The van der Waals surface area contributed by atoms with Gasteiger partial charge in [0.05, 0.1) is 17.8 Å². The minimum atomic E-state index is -4.28. The minimum absolute atomic E-state index is 0.0332. The van der Waals surface area contributed by atoms with E-state index >= 15 is 0 Å². The van der Waals surface area contributed by atoms with Crippen molar-refractivity contribution < 1.29 is 31.1 Å². The Bertz CT molecular complexity index is 705. The molecule has 1 heterocycles. The number of sulfone groups is 1. The molecule has 0 saturated carbocycles. The largest absolute Gasteiger partial charge is 0.497 e. The lowest BCUT2D eigenvalue weighted by Gasteiger charge is -2.34. The molecule has 1 aromatic carbocycles. The summed E-state index contributed by atoms with van der Waals surface area (Å²) in [6.45, 7) is 2.99. The Hall–Kier alpha value is -1.36. The van der Waals surface area contributed by atoms with Crippen LogP contribution < -0.4 is 4.74 Å². The highest BCUT2D eigenvalue weighted by Crippen LogP contribution is 2.18. The van der Waals surface area contributed by atoms with Gasteiger partial charge in [0, 0.05) is 45.9 Å². The molecule has 0 unspecified atom stereocenters. The van der Waals surface area contributed by atoms with Crippen LogP contribution in [0.3, 0.4) is 0 Å². The lowest BCUT2D eigenvalue weighted by molar-refractivity contribution is -0.174. The van der Waals surface area contributed by atoms with E-state index in [4.69, 9.17) is 4.74 Å². The standard InChI is InChI=1S/C18H27F3N2O4S/c1-26-16-4-2-5-17(14-16)28(24,25)13-11-23-9-7-22(8-10-23)6-3-12-27-15-18(19,20)21/h2,4-5,14H,3,6-13,15H2,1H3. The van der Waals surface area contributed by atoms with Crippen molar-refractivity contribution in [1.82, 2.24) is 9.80 Å². The number of piperazine rings is 1. The molecule has 0 N–H and O–H groups in total. The van der Waals surface area contributed by atoms with Crippen LogP contribution >= 0.6 is 0 Å². The third-order valence-corrected chi connectivity index (χ3v) is 6.26. The van der Waals surface area contributed by atoms with Gasteiger partial charge < -0.3 is 14.4 Å². The summed E-state index contributed by atoms with van der Waals surface area (Å²) in [4.78, 5) is 4.50. The normalized spacial score (nSPS) is 17.0. The smallest absolute Gasteiger partial charge is 0.411 e. The Morgan fingerprint density at radius 1 is 1.07 bits per heavy atom. The van der Waals surface area contributed by atoms with Crippen LogP contribution in [0.1, 0.15) is 6.42 Å². The average molecular weight is 424 g/mol. The van der Waals surface area contributed by atoms with Gasteiger partial charge in [-0.3, -0.25) is 4.90 Å². The molecule has 10 heteroatoms. The van der Waals surface area contributed by atoms with Crippen molar-refractivity contribution in [3.8, 4) is 5.75 Å². The van der Waals surface area contributed by atoms with Crippen molar-refractivity contribution >= 4 is 9.84 Å². The molecule has 160 valence electrons. The van der Waals surface area contributed by atoms with Gasteiger partial charge in [0.25, 0.3) is 0 Å². The van der Waals surface area contributed by atoms with E-state index in [0.29, 0.717) is 25.3 Å². The fourth-order valence-corrected chi connectivity index (χ4v) is 4.29. The second-order valence-corrected chi connectivity index (χ2v) is 8.81. The van der Waals surface area contributed by atoms with E-state index in [2.05, 4.69) is 14.5 Å². The number of benzene rings is 1. The second-order valence-electron chi connectivity index (χ2n) is 6.70. The van der Waals surface area contributed by atoms with Crippen molar-refractivity contribution in [2.24, 2.45) is 0 Å². The number of hydrogen-bond donors (Lipinski definition) is 0. The summed E-state index contributed by atoms with van der Waals surface area (Å²) in [5, 5.41) is 0. The summed E-state index contributed by atoms with van der Waals surface area (Å²) in [7, 11) is -1.89. The van der Waals surface area contributed by atoms with E-state index in [1.807, 2.05) is 0 Å². The molecular weight excluding hydrogens is 397 g/mol. The third-order valence-electron chi connectivity index (χ3n) is 4.57. The quantitative estimate of drug-likeness (QED) is 0.536. The van der Waals surface area contributed by atoms with Crippen LogP contribution in [0.15, 0.2) is 29.2 Å². The summed E-state index contributed by atoms with van der Waals surface area (Å²) < 4.78 is 70.7. The Labute approximate surface area is 164 Å². The molecule has 1 aliphatic heterocycles. The van der Waals surface area contributed by atoms with Crippen LogP contribution in [0, 0.1) is 0 Å². The fraction of sp³-hybridized carbons (Fsp3) is 0.667. The van der Waals surface area contributed by atoms with Crippen LogP contribution in [-0.4, -0.2) is 89.7 Å². The van der Waals surface area contributed by atoms with Crippen molar-refractivity contribution in [1.29, 1.82) is 0 Å². The molecule has 0 spiro atoms. The van der Waals surface area contributed by atoms with Gasteiger partial charge in [-0.05, 0) is 24.6 Å². The molecule has 1 fully saturated rings. The first-order valence-electron chi connectivity index (χ1n) is 9.16. The topological polar surface area (TPSA) is 59.1 Å². The number of rotatable bonds is 10. The first-order valence-corrected chi connectivity index (χ1v) is 10.8. The van der Waals surface area contributed by atoms with Crippen LogP contribution in [0.2, 0.25) is 0 Å². The number of hydrogen-bond acceptors (Lipinski definition) is 6. The van der Waals surface area contributed by atoms with E-state index in [-0.39, 0.29) is 17.3 Å². The Morgan fingerprint density at radius 2 is 1.71 bits per heavy atom. The van der Waals surface area contributed by atoms with Crippen LogP contribution in [0.4, 0.5) is 13.2 Å². The molecule has 2 rings (SSSR count). The van der Waals surface area contributed by atoms with Gasteiger partial charge >= 0.3 is 6.18 Å². The number of halogens is 3. The van der Waals surface area contributed by atoms with Gasteiger partial charge in [-0.1, -0.05) is 6.07 Å². The molecule has 0 radical (unpaired) electrons. The van der Waals surface area contributed by atoms with Gasteiger partial charge in [-0.25, -0.2) is 8.42 Å². The molecule has 0 aliphatic carbocycles. The zero-order valence-corrected chi connectivity index (χ0v) is 16.8. The molecule has 1 aliphatic rings. The van der Waals surface area contributed by atoms with E-state index in [1.54, 1.807) is 18.2 Å². The first kappa shape index (κ1) is 22.9. The predicted octanol–water partition coefficient (Wildman–Crippen LogP) is 2.06. The van der Waals surface area contributed by atoms with Crippen molar-refractivity contribution in [2.75, 3.05) is 65.3 Å². The van der Waals surface area contributed by atoms with E-state index < -0.39 is 22.6 Å². The summed E-state index contributed by atoms with van der Waals surface area (Å²) in [6, 6.07) is 6.44. The van der Waals surface area contributed by atoms with Crippen LogP contribution in [0.5, 0.6) is 5.75 Å². The van der Waals surface area contributed by atoms with E-state index in [0.717, 1.165) is 26.2 Å². The Balaban J connectivity index is 1.67. The van der Waals surface area contributed by atoms with E-state index in [1.165, 1.54) is 13.2 Å². The lowest BCUT2D eigenvalue weighted by Crippen LogP contribution is -2.47. The minimum Gasteiger partial charge on any atom is -0.497 e. The van der Waals surface area contributed by atoms with Crippen LogP contribution in [-0.2, 0) is 14.6 Å². The highest BCUT2D eigenvalue weighted by molar-refractivity contribution is 7.91. The van der Waals surface area contributed by atoms with Crippen molar-refractivity contribution in [2.45, 2.75) is 17.5 Å². The summed E-state index contributed by atoms with van der Waals surface area (Å²) >= 11 is 0. The van der Waals surface area contributed by atoms with E-state index in [9.17, 15) is 21.6 Å². The van der Waals surface area contributed by atoms with Gasteiger partial charge in [-0.2, -0.15) is 13.2 Å². The maximum Gasteiger partial charge on any atom is 0.411 e. The van der Waals surface area contributed by atoms with Gasteiger partial charge in [-0.15, -0.1) is 0 Å². The summed E-state index contributed by atoms with van der Waals surface area (Å²) in [6.07, 6.45) is -3.74. The zero-order chi connectivity index (χ0) is 20.6. The van der Waals surface area contributed by atoms with Crippen molar-refractivity contribution in [3.63, 3.8) is 0 Å². The molecular formula is C18H27F3N2O4S. The molecule has 6 nitrogen and oxygen atoms in total. The average Bonchev–Trinajstić information content (AvgIpc) is 2.66. The van der Waals surface area contributed by atoms with Gasteiger partial charge in [0.15, 0.2) is 9.84 Å². The maximum absolute atomic E-state index is 12.5. The first-order chi connectivity index (χ1) is 13.2.